The molecule has 2 N–H and O–H groups in total. The van der Waals surface area contributed by atoms with E-state index in [1.807, 2.05) is 0 Å². The Morgan fingerprint density at radius 2 is 1.95 bits per heavy atom. The first-order chi connectivity index (χ1) is 10.5. The van der Waals surface area contributed by atoms with Crippen LogP contribution in [-0.4, -0.2) is 24.5 Å². The molecule has 0 saturated heterocycles. The van der Waals surface area contributed by atoms with Crippen molar-refractivity contribution in [1.29, 1.82) is 0 Å². The molecular formula is C17H22N2O3. The molecular weight excluding hydrogens is 280 g/mol. The van der Waals surface area contributed by atoms with Crippen molar-refractivity contribution in [2.75, 3.05) is 11.9 Å². The summed E-state index contributed by atoms with van der Waals surface area (Å²) in [5.74, 6) is 1.43. The van der Waals surface area contributed by atoms with Crippen LogP contribution < -0.4 is 15.4 Å². The summed E-state index contributed by atoms with van der Waals surface area (Å²) >= 11 is 0. The molecule has 2 aliphatic rings. The summed E-state index contributed by atoms with van der Waals surface area (Å²) in [5.41, 5.74) is 0.949. The topological polar surface area (TPSA) is 67.4 Å². The molecule has 1 fully saturated rings. The largest absolute Gasteiger partial charge is 0.482 e. The summed E-state index contributed by atoms with van der Waals surface area (Å²) in [6.07, 6.45) is 3.24. The summed E-state index contributed by atoms with van der Waals surface area (Å²) in [4.78, 5) is 24.1. The molecule has 1 aliphatic heterocycles. The van der Waals surface area contributed by atoms with Crippen molar-refractivity contribution in [3.63, 3.8) is 0 Å². The van der Waals surface area contributed by atoms with E-state index in [1.54, 1.807) is 18.2 Å². The summed E-state index contributed by atoms with van der Waals surface area (Å²) < 4.78 is 5.36. The number of anilines is 1. The number of hydrogen-bond acceptors (Lipinski definition) is 3. The minimum absolute atomic E-state index is 0.00424. The Balaban J connectivity index is 1.77. The van der Waals surface area contributed by atoms with Crippen molar-refractivity contribution in [2.24, 2.45) is 11.8 Å². The normalized spacial score (nSPS) is 27.4. The van der Waals surface area contributed by atoms with E-state index >= 15 is 0 Å². The van der Waals surface area contributed by atoms with Gasteiger partial charge in [0.05, 0.1) is 11.3 Å². The highest BCUT2D eigenvalue weighted by atomic mass is 16.5. The molecule has 3 rings (SSSR count). The van der Waals surface area contributed by atoms with Crippen LogP contribution in [0, 0.1) is 11.8 Å². The fraction of sp³-hybridized carbons (Fsp3) is 0.529. The lowest BCUT2D eigenvalue weighted by Gasteiger charge is -2.32. The molecule has 2 unspecified atom stereocenters. The Morgan fingerprint density at radius 1 is 1.23 bits per heavy atom. The van der Waals surface area contributed by atoms with Gasteiger partial charge in [0.2, 0.25) is 0 Å². The minimum Gasteiger partial charge on any atom is -0.482 e. The fourth-order valence-corrected chi connectivity index (χ4v) is 3.62. The molecule has 1 heterocycles. The zero-order valence-electron chi connectivity index (χ0n) is 13.0. The van der Waals surface area contributed by atoms with E-state index in [1.165, 1.54) is 6.42 Å². The van der Waals surface area contributed by atoms with E-state index in [0.29, 0.717) is 28.8 Å². The van der Waals surface area contributed by atoms with E-state index in [0.717, 1.165) is 12.8 Å². The van der Waals surface area contributed by atoms with E-state index in [2.05, 4.69) is 24.5 Å². The van der Waals surface area contributed by atoms with Crippen molar-refractivity contribution < 1.29 is 14.3 Å². The first kappa shape index (κ1) is 14.9. The van der Waals surface area contributed by atoms with Gasteiger partial charge in [0.1, 0.15) is 5.75 Å². The van der Waals surface area contributed by atoms with Gasteiger partial charge in [-0.3, -0.25) is 9.59 Å². The molecule has 1 saturated carbocycles. The number of amides is 2. The number of rotatable bonds is 2. The van der Waals surface area contributed by atoms with Gasteiger partial charge in [-0.1, -0.05) is 19.9 Å². The van der Waals surface area contributed by atoms with Crippen LogP contribution in [0.25, 0.3) is 0 Å². The molecule has 5 nitrogen and oxygen atoms in total. The second-order valence-electron chi connectivity index (χ2n) is 6.60. The van der Waals surface area contributed by atoms with Crippen molar-refractivity contribution in [1.82, 2.24) is 5.32 Å². The maximum absolute atomic E-state index is 12.6. The summed E-state index contributed by atoms with van der Waals surface area (Å²) in [7, 11) is 0. The first-order valence-corrected chi connectivity index (χ1v) is 7.89. The number of para-hydroxylation sites is 1. The SMILES string of the molecule is CC1CC(C)CC(NC(=O)c2cccc3c2NC(=O)CO3)C1. The Morgan fingerprint density at radius 3 is 2.68 bits per heavy atom. The van der Waals surface area contributed by atoms with E-state index in [-0.39, 0.29) is 24.5 Å². The standard InChI is InChI=1S/C17H22N2O3/c1-10-6-11(2)8-12(7-10)18-17(21)13-4-3-5-14-16(13)19-15(20)9-22-14/h3-5,10-12H,6-9H2,1-2H3,(H,18,21)(H,19,20). The molecule has 5 heteroatoms. The van der Waals surface area contributed by atoms with Crippen LogP contribution in [0.15, 0.2) is 18.2 Å². The fourth-order valence-electron chi connectivity index (χ4n) is 3.62. The molecule has 118 valence electrons. The number of carbonyl (C=O) groups excluding carboxylic acids is 2. The summed E-state index contributed by atoms with van der Waals surface area (Å²) in [6.45, 7) is 4.45. The van der Waals surface area contributed by atoms with Gasteiger partial charge in [0.25, 0.3) is 11.8 Å². The smallest absolute Gasteiger partial charge is 0.262 e. The Kier molecular flexibility index (Phi) is 4.05. The Labute approximate surface area is 130 Å². The quantitative estimate of drug-likeness (QED) is 0.882. The molecule has 0 radical (unpaired) electrons. The summed E-state index contributed by atoms with van der Waals surface area (Å²) in [6, 6.07) is 5.45. The third kappa shape index (κ3) is 3.08. The van der Waals surface area contributed by atoms with Crippen LogP contribution in [0.3, 0.4) is 0 Å². The molecule has 0 bridgehead atoms. The molecule has 0 spiro atoms. The Bertz CT molecular complexity index is 590. The monoisotopic (exact) mass is 302 g/mol. The first-order valence-electron chi connectivity index (χ1n) is 7.89. The van der Waals surface area contributed by atoms with Gasteiger partial charge in [0.15, 0.2) is 6.61 Å². The lowest BCUT2D eigenvalue weighted by Crippen LogP contribution is -2.40. The van der Waals surface area contributed by atoms with Gasteiger partial charge in [-0.2, -0.15) is 0 Å². The predicted molar refractivity (Wildman–Crippen MR) is 84.0 cm³/mol. The highest BCUT2D eigenvalue weighted by molar-refractivity contribution is 6.06. The number of carbonyl (C=O) groups is 2. The number of fused-ring (bicyclic) bond motifs is 1. The lowest BCUT2D eigenvalue weighted by molar-refractivity contribution is -0.118. The van der Waals surface area contributed by atoms with Gasteiger partial charge in [-0.15, -0.1) is 0 Å². The lowest BCUT2D eigenvalue weighted by atomic mass is 9.80. The average molecular weight is 302 g/mol. The highest BCUT2D eigenvalue weighted by Crippen LogP contribution is 2.32. The second-order valence-corrected chi connectivity index (χ2v) is 6.60. The molecule has 2 atom stereocenters. The van der Waals surface area contributed by atoms with Crippen LogP contribution in [0.4, 0.5) is 5.69 Å². The van der Waals surface area contributed by atoms with Crippen LogP contribution in [0.1, 0.15) is 43.5 Å². The van der Waals surface area contributed by atoms with Crippen LogP contribution in [0.5, 0.6) is 5.75 Å². The maximum atomic E-state index is 12.6. The van der Waals surface area contributed by atoms with Gasteiger partial charge >= 0.3 is 0 Å². The van der Waals surface area contributed by atoms with Crippen molar-refractivity contribution in [2.45, 2.75) is 39.2 Å². The second kappa shape index (κ2) is 5.99. The van der Waals surface area contributed by atoms with Crippen molar-refractivity contribution >= 4 is 17.5 Å². The Hall–Kier alpha value is -2.04. The molecule has 1 aromatic carbocycles. The van der Waals surface area contributed by atoms with E-state index < -0.39 is 0 Å². The predicted octanol–water partition coefficient (Wildman–Crippen LogP) is 2.57. The molecule has 1 aliphatic carbocycles. The molecule has 0 aromatic heterocycles. The van der Waals surface area contributed by atoms with Crippen molar-refractivity contribution in [3.8, 4) is 5.75 Å². The third-order valence-corrected chi connectivity index (χ3v) is 4.41. The highest BCUT2D eigenvalue weighted by Gasteiger charge is 2.27. The average Bonchev–Trinajstić information content (AvgIpc) is 2.45. The maximum Gasteiger partial charge on any atom is 0.262 e. The van der Waals surface area contributed by atoms with Crippen LogP contribution >= 0.6 is 0 Å². The van der Waals surface area contributed by atoms with Crippen molar-refractivity contribution in [3.05, 3.63) is 23.8 Å². The third-order valence-electron chi connectivity index (χ3n) is 4.41. The zero-order valence-corrected chi connectivity index (χ0v) is 13.0. The molecule has 22 heavy (non-hydrogen) atoms. The number of nitrogens with one attached hydrogen (secondary N) is 2. The molecule has 1 aromatic rings. The number of benzene rings is 1. The summed E-state index contributed by atoms with van der Waals surface area (Å²) in [5, 5.41) is 5.85. The minimum atomic E-state index is -0.229. The van der Waals surface area contributed by atoms with Gasteiger partial charge in [-0.25, -0.2) is 0 Å². The number of hydrogen-bond donors (Lipinski definition) is 2. The van der Waals surface area contributed by atoms with Gasteiger partial charge in [-0.05, 0) is 43.2 Å². The van der Waals surface area contributed by atoms with Crippen LogP contribution in [0.2, 0.25) is 0 Å². The molecule has 2 amide bonds. The van der Waals surface area contributed by atoms with Gasteiger partial charge < -0.3 is 15.4 Å². The van der Waals surface area contributed by atoms with Crippen LogP contribution in [-0.2, 0) is 4.79 Å². The van der Waals surface area contributed by atoms with E-state index in [9.17, 15) is 9.59 Å². The van der Waals surface area contributed by atoms with E-state index in [4.69, 9.17) is 4.74 Å². The van der Waals surface area contributed by atoms with Gasteiger partial charge in [0, 0.05) is 6.04 Å². The number of ether oxygens (including phenoxy) is 1. The zero-order chi connectivity index (χ0) is 15.7.